The first-order valence-electron chi connectivity index (χ1n) is 7.43. The van der Waals surface area contributed by atoms with E-state index in [2.05, 4.69) is 36.5 Å². The van der Waals surface area contributed by atoms with Crippen molar-refractivity contribution < 1.29 is 4.79 Å². The average Bonchev–Trinajstić information content (AvgIpc) is 3.24. The van der Waals surface area contributed by atoms with E-state index in [1.54, 1.807) is 21.6 Å². The molecule has 3 aromatic heterocycles. The summed E-state index contributed by atoms with van der Waals surface area (Å²) in [7, 11) is 1.84. The summed E-state index contributed by atoms with van der Waals surface area (Å²) in [4.78, 5) is 12.2. The molecule has 0 fully saturated rings. The van der Waals surface area contributed by atoms with Crippen LogP contribution >= 0.6 is 15.9 Å². The lowest BCUT2D eigenvalue weighted by molar-refractivity contribution is 0.0944. The van der Waals surface area contributed by atoms with Gasteiger partial charge in [-0.25, -0.2) is 4.68 Å². The van der Waals surface area contributed by atoms with Gasteiger partial charge in [-0.3, -0.25) is 14.2 Å². The second-order valence-electron chi connectivity index (χ2n) is 5.53. The smallest absolute Gasteiger partial charge is 0.272 e. The number of rotatable bonds is 5. The molecule has 0 saturated heterocycles. The first-order chi connectivity index (χ1) is 11.4. The van der Waals surface area contributed by atoms with Gasteiger partial charge in [0.2, 0.25) is 0 Å². The molecule has 1 amide bonds. The Bertz CT molecular complexity index is 876. The Morgan fingerprint density at radius 2 is 2.00 bits per heavy atom. The maximum absolute atomic E-state index is 12.2. The number of nitrogens with one attached hydrogen (secondary N) is 1. The Labute approximate surface area is 147 Å². The number of carbonyl (C=O) groups excluding carboxylic acids is 1. The van der Waals surface area contributed by atoms with Crippen molar-refractivity contribution in [2.24, 2.45) is 7.05 Å². The number of aromatic nitrogens is 6. The Morgan fingerprint density at radius 3 is 2.62 bits per heavy atom. The van der Waals surface area contributed by atoms with E-state index in [0.717, 1.165) is 21.6 Å². The van der Waals surface area contributed by atoms with E-state index in [9.17, 15) is 4.79 Å². The first kappa shape index (κ1) is 16.4. The lowest BCUT2D eigenvalue weighted by Gasteiger charge is -2.04. The van der Waals surface area contributed by atoms with Gasteiger partial charge in [0.25, 0.3) is 5.91 Å². The molecular weight excluding hydrogens is 374 g/mol. The number of amides is 1. The average molecular weight is 392 g/mol. The summed E-state index contributed by atoms with van der Waals surface area (Å²) < 4.78 is 6.20. The number of hydrogen-bond acceptors (Lipinski definition) is 4. The van der Waals surface area contributed by atoms with Gasteiger partial charge in [-0.2, -0.15) is 15.3 Å². The fraction of sp³-hybridized carbons (Fsp3) is 0.333. The van der Waals surface area contributed by atoms with Crippen LogP contribution in [0.4, 0.5) is 0 Å². The van der Waals surface area contributed by atoms with Crippen molar-refractivity contribution in [3.63, 3.8) is 0 Å². The summed E-state index contributed by atoms with van der Waals surface area (Å²) in [6.45, 7) is 4.74. The van der Waals surface area contributed by atoms with Gasteiger partial charge in [0, 0.05) is 19.4 Å². The highest BCUT2D eigenvalue weighted by Gasteiger charge is 2.12. The molecule has 0 unspecified atom stereocenters. The van der Waals surface area contributed by atoms with E-state index < -0.39 is 0 Å². The third kappa shape index (κ3) is 3.40. The summed E-state index contributed by atoms with van der Waals surface area (Å²) in [5.74, 6) is -0.228. The van der Waals surface area contributed by atoms with Crippen molar-refractivity contribution >= 4 is 21.8 Å². The van der Waals surface area contributed by atoms with E-state index in [4.69, 9.17) is 0 Å². The predicted molar refractivity (Wildman–Crippen MR) is 91.4 cm³/mol. The lowest BCUT2D eigenvalue weighted by Crippen LogP contribution is -2.24. The Balaban J connectivity index is 1.64. The minimum atomic E-state index is -0.228. The molecule has 3 rings (SSSR count). The summed E-state index contributed by atoms with van der Waals surface area (Å²) in [5.41, 5.74) is 3.11. The normalized spacial score (nSPS) is 11.0. The number of nitrogens with zero attached hydrogens (tertiary/aromatic N) is 6. The third-order valence-corrected chi connectivity index (χ3v) is 4.79. The van der Waals surface area contributed by atoms with Crippen molar-refractivity contribution in [1.82, 2.24) is 34.7 Å². The molecule has 0 aliphatic carbocycles. The second-order valence-corrected chi connectivity index (χ2v) is 6.32. The fourth-order valence-electron chi connectivity index (χ4n) is 2.33. The summed E-state index contributed by atoms with van der Waals surface area (Å²) in [6.07, 6.45) is 3.60. The van der Waals surface area contributed by atoms with E-state index in [1.165, 1.54) is 0 Å². The van der Waals surface area contributed by atoms with Crippen molar-refractivity contribution in [3.05, 3.63) is 51.8 Å². The molecule has 0 aliphatic heterocycles. The SMILES string of the molecule is Cc1nn(Cn2ccc(C(=O)NCc3ccn(C)n3)n2)c(C)c1Br. The quantitative estimate of drug-likeness (QED) is 0.716. The van der Waals surface area contributed by atoms with Crippen LogP contribution in [0.2, 0.25) is 0 Å². The molecule has 0 spiro atoms. The van der Waals surface area contributed by atoms with Gasteiger partial charge in [-0.05, 0) is 41.9 Å². The van der Waals surface area contributed by atoms with Crippen molar-refractivity contribution in [1.29, 1.82) is 0 Å². The number of aryl methyl sites for hydroxylation is 2. The van der Waals surface area contributed by atoms with Crippen LogP contribution < -0.4 is 5.32 Å². The van der Waals surface area contributed by atoms with Crippen LogP contribution in [0.5, 0.6) is 0 Å². The van der Waals surface area contributed by atoms with E-state index in [-0.39, 0.29) is 5.91 Å². The van der Waals surface area contributed by atoms with Crippen molar-refractivity contribution in [2.45, 2.75) is 27.1 Å². The minimum absolute atomic E-state index is 0.228. The number of carbonyl (C=O) groups is 1. The van der Waals surface area contributed by atoms with Crippen LogP contribution in [0.15, 0.2) is 29.0 Å². The lowest BCUT2D eigenvalue weighted by atomic mass is 10.4. The van der Waals surface area contributed by atoms with Crippen molar-refractivity contribution in [2.75, 3.05) is 0 Å². The monoisotopic (exact) mass is 391 g/mol. The zero-order valence-corrected chi connectivity index (χ0v) is 15.3. The molecule has 8 nitrogen and oxygen atoms in total. The van der Waals surface area contributed by atoms with E-state index in [0.29, 0.717) is 18.9 Å². The van der Waals surface area contributed by atoms with Gasteiger partial charge in [0.1, 0.15) is 12.4 Å². The molecule has 126 valence electrons. The standard InChI is InChI=1S/C15H18BrN7O/c1-10-14(16)11(2)23(18-10)9-22-7-5-13(20-22)15(24)17-8-12-4-6-21(3)19-12/h4-7H,8-9H2,1-3H3,(H,17,24). The van der Waals surface area contributed by atoms with Gasteiger partial charge in [-0.1, -0.05) is 0 Å². The first-order valence-corrected chi connectivity index (χ1v) is 8.23. The molecule has 0 aromatic carbocycles. The maximum Gasteiger partial charge on any atom is 0.272 e. The molecular formula is C15H18BrN7O. The summed E-state index contributed by atoms with van der Waals surface area (Å²) >= 11 is 3.50. The van der Waals surface area contributed by atoms with E-state index in [1.807, 2.05) is 37.8 Å². The fourth-order valence-corrected chi connectivity index (χ4v) is 2.61. The molecule has 1 N–H and O–H groups in total. The number of hydrogen-bond donors (Lipinski definition) is 1. The number of halogens is 1. The third-order valence-electron chi connectivity index (χ3n) is 3.64. The molecule has 0 bridgehead atoms. The van der Waals surface area contributed by atoms with Gasteiger partial charge < -0.3 is 5.32 Å². The zero-order chi connectivity index (χ0) is 17.3. The van der Waals surface area contributed by atoms with Crippen LogP contribution in [0, 0.1) is 13.8 Å². The molecule has 0 aliphatic rings. The molecule has 0 radical (unpaired) electrons. The van der Waals surface area contributed by atoms with Crippen LogP contribution in [-0.2, 0) is 20.3 Å². The van der Waals surface area contributed by atoms with Gasteiger partial charge in [0.15, 0.2) is 0 Å². The summed E-state index contributed by atoms with van der Waals surface area (Å²) in [5, 5.41) is 15.8. The van der Waals surface area contributed by atoms with Gasteiger partial charge >= 0.3 is 0 Å². The highest BCUT2D eigenvalue weighted by atomic mass is 79.9. The molecule has 0 saturated carbocycles. The second kappa shape index (κ2) is 6.60. The molecule has 9 heteroatoms. The topological polar surface area (TPSA) is 82.6 Å². The summed E-state index contributed by atoms with van der Waals surface area (Å²) in [6, 6.07) is 3.55. The predicted octanol–water partition coefficient (Wildman–Crippen LogP) is 1.63. The minimum Gasteiger partial charge on any atom is -0.345 e. The Hall–Kier alpha value is -2.42. The van der Waals surface area contributed by atoms with Gasteiger partial charge in [0.05, 0.1) is 28.1 Å². The highest BCUT2D eigenvalue weighted by Crippen LogP contribution is 2.19. The Morgan fingerprint density at radius 1 is 1.21 bits per heavy atom. The van der Waals surface area contributed by atoms with Gasteiger partial charge in [-0.15, -0.1) is 0 Å². The molecule has 3 heterocycles. The van der Waals surface area contributed by atoms with Crippen molar-refractivity contribution in [3.8, 4) is 0 Å². The molecule has 3 aromatic rings. The van der Waals surface area contributed by atoms with Crippen LogP contribution in [0.3, 0.4) is 0 Å². The molecule has 24 heavy (non-hydrogen) atoms. The highest BCUT2D eigenvalue weighted by molar-refractivity contribution is 9.10. The largest absolute Gasteiger partial charge is 0.345 e. The maximum atomic E-state index is 12.2. The zero-order valence-electron chi connectivity index (χ0n) is 13.7. The molecule has 0 atom stereocenters. The Kier molecular flexibility index (Phi) is 4.52. The van der Waals surface area contributed by atoms with Crippen LogP contribution in [0.25, 0.3) is 0 Å². The van der Waals surface area contributed by atoms with Crippen LogP contribution in [-0.4, -0.2) is 35.2 Å². The van der Waals surface area contributed by atoms with Crippen LogP contribution in [0.1, 0.15) is 27.6 Å². The van der Waals surface area contributed by atoms with E-state index >= 15 is 0 Å².